The number of carbonyl (C=O) groups excluding carboxylic acids is 2. The van der Waals surface area contributed by atoms with E-state index in [1.165, 1.54) is 31.3 Å². The molecule has 1 aromatic heterocycles. The summed E-state index contributed by atoms with van der Waals surface area (Å²) < 4.78 is 20.1. The molecule has 8 heteroatoms. The number of nitrogens with zero attached hydrogens (tertiary/aromatic N) is 2. The average molecular weight is 430 g/mol. The van der Waals surface area contributed by atoms with Gasteiger partial charge in [0, 0.05) is 12.6 Å². The predicted octanol–water partition coefficient (Wildman–Crippen LogP) is 3.52. The zero-order valence-corrected chi connectivity index (χ0v) is 17.2. The van der Waals surface area contributed by atoms with Crippen molar-refractivity contribution in [3.8, 4) is 11.3 Å². The number of pyridine rings is 1. The largest absolute Gasteiger partial charge is 0.371 e. The van der Waals surface area contributed by atoms with Crippen LogP contribution in [0.25, 0.3) is 11.3 Å². The van der Waals surface area contributed by atoms with Crippen LogP contribution < -0.4 is 5.32 Å². The summed E-state index contributed by atoms with van der Waals surface area (Å²) in [6.07, 6.45) is 3.16. The highest BCUT2D eigenvalue weighted by atomic mass is 35.5. The van der Waals surface area contributed by atoms with Gasteiger partial charge in [-0.25, -0.2) is 9.37 Å². The van der Waals surface area contributed by atoms with E-state index in [0.717, 1.165) is 18.4 Å². The predicted molar refractivity (Wildman–Crippen MR) is 111 cm³/mol. The molecule has 1 spiro atoms. The Morgan fingerprint density at radius 2 is 2.13 bits per heavy atom. The first-order chi connectivity index (χ1) is 14.4. The van der Waals surface area contributed by atoms with Gasteiger partial charge in [0.05, 0.1) is 36.1 Å². The van der Waals surface area contributed by atoms with E-state index in [1.54, 1.807) is 17.0 Å². The Balaban J connectivity index is 1.72. The molecule has 1 aromatic carbocycles. The number of carbonyl (C=O) groups is 2. The van der Waals surface area contributed by atoms with Crippen LogP contribution in [-0.4, -0.2) is 47.5 Å². The molecule has 1 N–H and O–H groups in total. The quantitative estimate of drug-likeness (QED) is 0.596. The van der Waals surface area contributed by atoms with Crippen LogP contribution >= 0.6 is 11.6 Å². The van der Waals surface area contributed by atoms with Gasteiger partial charge in [0.1, 0.15) is 11.0 Å². The molecule has 30 heavy (non-hydrogen) atoms. The van der Waals surface area contributed by atoms with Crippen molar-refractivity contribution in [2.45, 2.75) is 24.5 Å². The molecule has 1 aliphatic carbocycles. The zero-order valence-electron chi connectivity index (χ0n) is 16.5. The van der Waals surface area contributed by atoms with Crippen LogP contribution in [0.3, 0.4) is 0 Å². The fraction of sp³-hybridized carbons (Fsp3) is 0.318. The Kier molecular flexibility index (Phi) is 5.34. The maximum Gasteiger partial charge on any atom is 0.254 e. The molecule has 1 saturated heterocycles. The Hall–Kier alpha value is -2.77. The highest BCUT2D eigenvalue weighted by Gasteiger charge is 2.51. The molecule has 0 unspecified atom stereocenters. The van der Waals surface area contributed by atoms with E-state index in [-0.39, 0.29) is 28.3 Å². The van der Waals surface area contributed by atoms with Crippen molar-refractivity contribution in [1.29, 1.82) is 0 Å². The number of benzene rings is 1. The van der Waals surface area contributed by atoms with Gasteiger partial charge in [0.2, 0.25) is 5.91 Å². The molecule has 1 saturated carbocycles. The van der Waals surface area contributed by atoms with Gasteiger partial charge in [-0.2, -0.15) is 0 Å². The molecule has 156 valence electrons. The number of rotatable bonds is 4. The van der Waals surface area contributed by atoms with Crippen LogP contribution in [0.4, 0.5) is 4.39 Å². The molecule has 2 heterocycles. The van der Waals surface area contributed by atoms with Gasteiger partial charge in [-0.3, -0.25) is 9.59 Å². The lowest BCUT2D eigenvalue weighted by molar-refractivity contribution is -0.143. The van der Waals surface area contributed by atoms with Gasteiger partial charge >= 0.3 is 0 Å². The number of morpholine rings is 1. The van der Waals surface area contributed by atoms with Crippen molar-refractivity contribution in [1.82, 2.24) is 15.2 Å². The van der Waals surface area contributed by atoms with Crippen molar-refractivity contribution in [3.63, 3.8) is 0 Å². The summed E-state index contributed by atoms with van der Waals surface area (Å²) in [4.78, 5) is 30.5. The van der Waals surface area contributed by atoms with Gasteiger partial charge in [-0.1, -0.05) is 18.2 Å². The lowest BCUT2D eigenvalue weighted by Crippen LogP contribution is -2.48. The van der Waals surface area contributed by atoms with E-state index in [0.29, 0.717) is 24.4 Å². The summed E-state index contributed by atoms with van der Waals surface area (Å²) in [5, 5.41) is 2.65. The minimum absolute atomic E-state index is 0.0848. The molecule has 1 aliphatic heterocycles. The second-order valence-corrected chi connectivity index (χ2v) is 7.95. The molecular weight excluding hydrogens is 409 g/mol. The minimum Gasteiger partial charge on any atom is -0.371 e. The van der Waals surface area contributed by atoms with E-state index < -0.39 is 11.7 Å². The Morgan fingerprint density at radius 3 is 2.80 bits per heavy atom. The van der Waals surface area contributed by atoms with Crippen LogP contribution in [0, 0.1) is 5.82 Å². The molecule has 0 radical (unpaired) electrons. The molecule has 2 aromatic rings. The average Bonchev–Trinajstić information content (AvgIpc) is 3.50. The summed E-state index contributed by atoms with van der Waals surface area (Å²) in [6.45, 7) is 4.45. The van der Waals surface area contributed by atoms with Crippen molar-refractivity contribution >= 4 is 23.4 Å². The molecular formula is C22H21ClFN3O3. The second-order valence-electron chi connectivity index (χ2n) is 7.56. The monoisotopic (exact) mass is 429 g/mol. The van der Waals surface area contributed by atoms with Gasteiger partial charge in [-0.05, 0) is 54.8 Å². The molecule has 2 aliphatic rings. The number of hydrogen-bond donors (Lipinski definition) is 1. The van der Waals surface area contributed by atoms with Crippen molar-refractivity contribution in [2.24, 2.45) is 0 Å². The van der Waals surface area contributed by atoms with Crippen LogP contribution in [0.15, 0.2) is 43.0 Å². The first-order valence-corrected chi connectivity index (χ1v) is 10.00. The van der Waals surface area contributed by atoms with E-state index >= 15 is 0 Å². The first-order valence-electron chi connectivity index (χ1n) is 9.62. The highest BCUT2D eigenvalue weighted by Crippen LogP contribution is 2.46. The summed E-state index contributed by atoms with van der Waals surface area (Å²) >= 11 is 6.28. The molecule has 4 rings (SSSR count). The number of halogens is 2. The van der Waals surface area contributed by atoms with Crippen LogP contribution in [0.5, 0.6) is 0 Å². The van der Waals surface area contributed by atoms with E-state index in [1.807, 2.05) is 0 Å². The lowest BCUT2D eigenvalue weighted by Gasteiger charge is -2.40. The van der Waals surface area contributed by atoms with E-state index in [4.69, 9.17) is 16.3 Å². The fourth-order valence-corrected chi connectivity index (χ4v) is 3.95. The van der Waals surface area contributed by atoms with Crippen LogP contribution in [0.2, 0.25) is 5.15 Å². The standard InChI is InChI=1S/C22H21ClFN3O3/c1-3-20(28)27-12-22(6-7-22)30-11-18(27)14-9-17(26-19(23)10-14)13-4-5-16(24)15(8-13)21(29)25-2/h3-5,8-10,18H,1,6-7,11-12H2,2H3,(H,25,29)/t18-/m1/s1. The molecule has 1 atom stereocenters. The van der Waals surface area contributed by atoms with Crippen molar-refractivity contribution < 1.29 is 18.7 Å². The highest BCUT2D eigenvalue weighted by molar-refractivity contribution is 6.29. The number of ether oxygens (including phenoxy) is 1. The Bertz CT molecular complexity index is 1040. The minimum atomic E-state index is -0.626. The van der Waals surface area contributed by atoms with Gasteiger partial charge < -0.3 is 15.0 Å². The fourth-order valence-electron chi connectivity index (χ4n) is 3.73. The smallest absolute Gasteiger partial charge is 0.254 e. The number of nitrogens with one attached hydrogen (secondary N) is 1. The summed E-state index contributed by atoms with van der Waals surface area (Å²) in [5.41, 5.74) is 1.44. The third-order valence-corrected chi connectivity index (χ3v) is 5.78. The maximum atomic E-state index is 14.1. The topological polar surface area (TPSA) is 71.5 Å². The Labute approximate surface area is 178 Å². The first kappa shape index (κ1) is 20.5. The SMILES string of the molecule is C=CC(=O)N1CC2(CC2)OC[C@@H]1c1cc(Cl)nc(-c2ccc(F)c(C(=O)NC)c2)c1. The number of hydrogen-bond acceptors (Lipinski definition) is 4. The van der Waals surface area contributed by atoms with Gasteiger partial charge in [0.25, 0.3) is 5.91 Å². The van der Waals surface area contributed by atoms with Crippen molar-refractivity contribution in [3.05, 3.63) is 65.1 Å². The van der Waals surface area contributed by atoms with E-state index in [2.05, 4.69) is 16.9 Å². The summed E-state index contributed by atoms with van der Waals surface area (Å²) in [6, 6.07) is 7.31. The number of amides is 2. The normalized spacial score (nSPS) is 19.4. The number of aromatic nitrogens is 1. The van der Waals surface area contributed by atoms with Crippen LogP contribution in [-0.2, 0) is 9.53 Å². The van der Waals surface area contributed by atoms with Crippen molar-refractivity contribution in [2.75, 3.05) is 20.2 Å². The molecule has 6 nitrogen and oxygen atoms in total. The van der Waals surface area contributed by atoms with Gasteiger partial charge in [0.15, 0.2) is 0 Å². The van der Waals surface area contributed by atoms with Gasteiger partial charge in [-0.15, -0.1) is 0 Å². The Morgan fingerprint density at radius 1 is 1.37 bits per heavy atom. The molecule has 2 amide bonds. The third-order valence-electron chi connectivity index (χ3n) is 5.58. The zero-order chi connectivity index (χ0) is 21.5. The summed E-state index contributed by atoms with van der Waals surface area (Å²) in [7, 11) is 1.44. The summed E-state index contributed by atoms with van der Waals surface area (Å²) in [5.74, 6) is -1.33. The molecule has 0 bridgehead atoms. The second kappa shape index (κ2) is 7.81. The lowest BCUT2D eigenvalue weighted by atomic mass is 10.00. The molecule has 2 fully saturated rings. The van der Waals surface area contributed by atoms with Crippen LogP contribution in [0.1, 0.15) is 34.8 Å². The third kappa shape index (κ3) is 3.82. The van der Waals surface area contributed by atoms with E-state index in [9.17, 15) is 14.0 Å². The maximum absolute atomic E-state index is 14.1.